The van der Waals surface area contributed by atoms with Crippen molar-refractivity contribution in [3.63, 3.8) is 0 Å². The molecule has 0 aliphatic rings. The smallest absolute Gasteiger partial charge is 0.139 e. The van der Waals surface area contributed by atoms with Crippen molar-refractivity contribution < 1.29 is 0 Å². The number of nitrogens with zero attached hydrogens (tertiary/aromatic N) is 2. The number of benzene rings is 13. The van der Waals surface area contributed by atoms with E-state index in [-0.39, 0.29) is 0 Å². The van der Waals surface area contributed by atoms with Crippen LogP contribution in [0.2, 0.25) is 0 Å². The quantitative estimate of drug-likeness (QED) is 0.134. The first-order valence-corrected chi connectivity index (χ1v) is 39.8. The second kappa shape index (κ2) is 25.4. The molecule has 104 heavy (non-hydrogen) atoms. The van der Waals surface area contributed by atoms with Crippen LogP contribution in [0, 0.1) is 0 Å². The van der Waals surface area contributed by atoms with Gasteiger partial charge in [0.15, 0.2) is 0 Å². The van der Waals surface area contributed by atoms with Crippen molar-refractivity contribution in [1.82, 2.24) is 9.13 Å². The summed E-state index contributed by atoms with van der Waals surface area (Å²) in [4.78, 5) is 0. The van der Waals surface area contributed by atoms with E-state index in [0.717, 1.165) is 42.4 Å². The molecular formula is C78H66B20Br2N2S2. The Morgan fingerprint density at radius 3 is 0.769 bits per heavy atom. The summed E-state index contributed by atoms with van der Waals surface area (Å²) in [5, 5.41) is 10.1. The predicted octanol–water partition coefficient (Wildman–Crippen LogP) is -10.7. The van der Waals surface area contributed by atoms with Crippen LogP contribution in [0.3, 0.4) is 0 Å². The predicted molar refractivity (Wildman–Crippen MR) is 532 cm³/mol. The molecule has 0 aliphatic carbocycles. The van der Waals surface area contributed by atoms with Crippen LogP contribution in [0.15, 0.2) is 167 Å². The zero-order chi connectivity index (χ0) is 73.0. The fraction of sp³-hybridized carbons (Fsp3) is 0. The summed E-state index contributed by atoms with van der Waals surface area (Å²) in [5.74, 6) is 0. The van der Waals surface area contributed by atoms with Gasteiger partial charge in [-0.2, -0.15) is 0 Å². The molecule has 4 heterocycles. The number of hydrogen-bond donors (Lipinski definition) is 0. The highest BCUT2D eigenvalue weighted by Crippen LogP contribution is 2.49. The van der Waals surface area contributed by atoms with Crippen LogP contribution in [0.4, 0.5) is 0 Å². The fourth-order valence-corrected chi connectivity index (χ4v) is 21.5. The number of aromatic nitrogens is 2. The van der Waals surface area contributed by atoms with Crippen LogP contribution >= 0.6 is 54.5 Å². The molecule has 474 valence electrons. The molecule has 0 aliphatic heterocycles. The van der Waals surface area contributed by atoms with Crippen LogP contribution in [-0.4, -0.2) is 166 Å². The molecule has 0 bridgehead atoms. The van der Waals surface area contributed by atoms with E-state index in [9.17, 15) is 0 Å². The van der Waals surface area contributed by atoms with Gasteiger partial charge in [-0.15, -0.1) is 88.2 Å². The molecule has 0 saturated heterocycles. The van der Waals surface area contributed by atoms with Crippen LogP contribution in [0.25, 0.3) is 162 Å². The average Bonchev–Trinajstić information content (AvgIpc) is 1.54. The Morgan fingerprint density at radius 2 is 0.471 bits per heavy atom. The Labute approximate surface area is 652 Å². The van der Waals surface area contributed by atoms with Gasteiger partial charge in [-0.3, -0.25) is 0 Å². The van der Waals surface area contributed by atoms with E-state index >= 15 is 0 Å². The lowest BCUT2D eigenvalue weighted by Crippen LogP contribution is -2.55. The Hall–Kier alpha value is -7.84. The Bertz CT molecular complexity index is 6100. The molecular weight excluding hydrogens is 1410 g/mol. The molecule has 0 amide bonds. The normalized spacial score (nSPS) is 11.9. The minimum Gasteiger partial charge on any atom is -0.308 e. The molecule has 4 aromatic heterocycles. The first kappa shape index (κ1) is 69.2. The summed E-state index contributed by atoms with van der Waals surface area (Å²) >= 11 is 12.5. The molecule has 0 fully saturated rings. The van der Waals surface area contributed by atoms with Crippen LogP contribution in [-0.2, 0) is 0 Å². The number of rotatable bonds is 8. The van der Waals surface area contributed by atoms with E-state index in [1.165, 1.54) is 238 Å². The molecule has 0 saturated carbocycles. The van der Waals surface area contributed by atoms with E-state index < -0.39 is 0 Å². The second-order valence-electron chi connectivity index (χ2n) is 30.3. The van der Waals surface area contributed by atoms with Crippen LogP contribution in [0.5, 0.6) is 0 Å². The van der Waals surface area contributed by atoms with Crippen LogP contribution in [0.1, 0.15) is 0 Å². The van der Waals surface area contributed by atoms with Crippen LogP contribution < -0.4 is 109 Å². The summed E-state index contributed by atoms with van der Waals surface area (Å²) in [6, 6.07) is 61.6. The highest BCUT2D eigenvalue weighted by atomic mass is 79.9. The third-order valence-electron chi connectivity index (χ3n) is 25.7. The molecule has 26 heteroatoms. The molecule has 0 spiro atoms. The summed E-state index contributed by atoms with van der Waals surface area (Å²) in [6.07, 6.45) is 0. The highest BCUT2D eigenvalue weighted by Gasteiger charge is 2.27. The summed E-state index contributed by atoms with van der Waals surface area (Å²) < 4.78 is 12.2. The van der Waals surface area contributed by atoms with Gasteiger partial charge in [0.1, 0.15) is 157 Å². The van der Waals surface area contributed by atoms with Gasteiger partial charge in [0, 0.05) is 70.8 Å². The molecule has 2 nitrogen and oxygen atoms in total. The largest absolute Gasteiger partial charge is 0.308 e. The average molecular weight is 1470 g/mol. The maximum absolute atomic E-state index is 4.39. The van der Waals surface area contributed by atoms with Crippen molar-refractivity contribution in [3.8, 4) is 78.1 Å². The van der Waals surface area contributed by atoms with Gasteiger partial charge in [0.2, 0.25) is 0 Å². The van der Waals surface area contributed by atoms with E-state index in [0.29, 0.717) is 0 Å². The fourth-order valence-electron chi connectivity index (χ4n) is 18.3. The lowest BCUT2D eigenvalue weighted by Gasteiger charge is -2.24. The molecule has 17 rings (SSSR count). The monoisotopic (exact) mass is 1470 g/mol. The minimum atomic E-state index is 0.993. The molecule has 0 unspecified atom stereocenters. The summed E-state index contributed by atoms with van der Waals surface area (Å²) in [6.45, 7) is 0. The van der Waals surface area contributed by atoms with Gasteiger partial charge in [-0.1, -0.05) is 92.2 Å². The van der Waals surface area contributed by atoms with Gasteiger partial charge in [0.05, 0.1) is 33.4 Å². The van der Waals surface area contributed by atoms with E-state index in [4.69, 9.17) is 0 Å². The molecule has 0 radical (unpaired) electrons. The van der Waals surface area contributed by atoms with E-state index in [1.807, 2.05) is 22.7 Å². The third kappa shape index (κ3) is 10.3. The summed E-state index contributed by atoms with van der Waals surface area (Å²) in [7, 11) is 46.2. The van der Waals surface area contributed by atoms with Crippen molar-refractivity contribution in [2.75, 3.05) is 0 Å². The number of thiophene rings is 2. The lowest BCUT2D eigenvalue weighted by molar-refractivity contribution is 1.12. The topological polar surface area (TPSA) is 9.86 Å². The van der Waals surface area contributed by atoms with Crippen molar-refractivity contribution in [2.45, 2.75) is 0 Å². The lowest BCUT2D eigenvalue weighted by atomic mass is 9.59. The van der Waals surface area contributed by atoms with Crippen molar-refractivity contribution in [3.05, 3.63) is 167 Å². The zero-order valence-corrected chi connectivity index (χ0v) is 68.3. The van der Waals surface area contributed by atoms with Gasteiger partial charge < -0.3 is 9.13 Å². The Kier molecular flexibility index (Phi) is 16.9. The number of hydrogen-bond acceptors (Lipinski definition) is 2. The number of halogens is 2. The van der Waals surface area contributed by atoms with Crippen molar-refractivity contribution >= 4 is 405 Å². The van der Waals surface area contributed by atoms with E-state index in [2.05, 4.69) is 356 Å². The highest BCUT2D eigenvalue weighted by molar-refractivity contribution is 9.11. The number of fused-ring (bicyclic) bond motifs is 14. The molecule has 0 N–H and O–H groups in total. The standard InChI is InChI=1S/C78H66B20Br2N2S2/c79-59-51(60(80)68(88)75(95)67(59)87)31-17-29(18-32(21-31)52-61(81)69(89)76(96)70(90)62(52)82)27-9-11-41-37(23-27)55-43(13-15-49-57(55)35-5-1-3-7-47(35)103-49)101(41)45-25-40(100)46(26-39(45)99)102-42-12-10-28(24-38(42)56-44(102)14-16-50-58(56)36-6-2-4-8-48(36)104-50)30-19-33(53-63(83)71(91)77(97)72(92)64(53)84)22-34(20-30)54-65(85)73(93)78(98)74(94)66(54)86/h1-26H,79-98H2. The zero-order valence-electron chi connectivity index (χ0n) is 63.5. The maximum atomic E-state index is 4.39. The Balaban J connectivity index is 0.893. The maximum Gasteiger partial charge on any atom is 0.139 e. The van der Waals surface area contributed by atoms with Gasteiger partial charge in [-0.25, -0.2) is 0 Å². The summed E-state index contributed by atoms with van der Waals surface area (Å²) in [5.41, 5.74) is 49.1. The SMILES string of the molecule is Bc1c(B)c(B)c(-c2cc(-c3ccc4c(c3)c3c5c(ccc3n4-c3cc(Br)c(-n4c6ccc(-c7cc(-c8c(B)c(B)c(B)c(B)c8B)cc(-c8c(B)c(B)c(B)c(B)c8B)c7)cc6c6c7c(ccc64)sc4ccccc47)cc3Br)sc3ccccc35)cc(-c3c(B)c(B)c(B)c(B)c3B)c2)c(B)c1B. The first-order chi connectivity index (χ1) is 49.7. The van der Waals surface area contributed by atoms with Crippen molar-refractivity contribution in [1.29, 1.82) is 0 Å². The second-order valence-corrected chi connectivity index (χ2v) is 34.2. The minimum absolute atomic E-state index is 0.993. The third-order valence-corrected chi connectivity index (χ3v) is 29.3. The first-order valence-electron chi connectivity index (χ1n) is 36.6. The molecule has 13 aromatic carbocycles. The van der Waals surface area contributed by atoms with Gasteiger partial charge >= 0.3 is 0 Å². The molecule has 17 aromatic rings. The Morgan fingerprint density at radius 1 is 0.212 bits per heavy atom. The molecule has 0 atom stereocenters. The van der Waals surface area contributed by atoms with E-state index in [1.54, 1.807) is 0 Å². The van der Waals surface area contributed by atoms with Crippen molar-refractivity contribution in [2.24, 2.45) is 0 Å². The van der Waals surface area contributed by atoms with Gasteiger partial charge in [-0.05, 0) is 208 Å². The van der Waals surface area contributed by atoms with Gasteiger partial charge in [0.25, 0.3) is 0 Å².